The molecular weight excluding hydrogens is 324 g/mol. The van der Waals surface area contributed by atoms with Crippen LogP contribution in [-0.2, 0) is 20.7 Å². The largest absolute Gasteiger partial charge is 0.480 e. The number of hydrogen-bond donors (Lipinski definition) is 1. The first kappa shape index (κ1) is 18.8. The van der Waals surface area contributed by atoms with Crippen molar-refractivity contribution in [2.75, 3.05) is 19.6 Å². The molecule has 0 bridgehead atoms. The molecule has 0 spiro atoms. The molecule has 1 aromatic carbocycles. The summed E-state index contributed by atoms with van der Waals surface area (Å²) in [5.74, 6) is -1.46. The smallest absolute Gasteiger partial charge is 0.411 e. The predicted octanol–water partition coefficient (Wildman–Crippen LogP) is 1.76. The van der Waals surface area contributed by atoms with Crippen molar-refractivity contribution in [1.82, 2.24) is 9.80 Å². The van der Waals surface area contributed by atoms with Gasteiger partial charge in [0.05, 0.1) is 6.04 Å². The zero-order chi connectivity index (χ0) is 18.6. The fourth-order valence-electron chi connectivity index (χ4n) is 2.74. The summed E-state index contributed by atoms with van der Waals surface area (Å²) in [5, 5.41) is 8.99. The maximum atomic E-state index is 12.5. The minimum atomic E-state index is -1.07. The van der Waals surface area contributed by atoms with Gasteiger partial charge >= 0.3 is 12.1 Å². The van der Waals surface area contributed by atoms with Gasteiger partial charge in [0.25, 0.3) is 0 Å². The molecule has 1 aliphatic rings. The van der Waals surface area contributed by atoms with Gasteiger partial charge in [0.2, 0.25) is 5.91 Å². The number of carboxylic acids is 1. The molecule has 1 fully saturated rings. The average Bonchev–Trinajstić information content (AvgIpc) is 2.49. The molecular formula is C18H24N2O5. The Hall–Kier alpha value is -2.57. The van der Waals surface area contributed by atoms with Gasteiger partial charge in [-0.1, -0.05) is 30.3 Å². The number of hydrogen-bond acceptors (Lipinski definition) is 4. The number of rotatable bonds is 4. The van der Waals surface area contributed by atoms with E-state index in [1.54, 1.807) is 20.8 Å². The van der Waals surface area contributed by atoms with Crippen LogP contribution in [0, 0.1) is 0 Å². The van der Waals surface area contributed by atoms with E-state index in [1.807, 2.05) is 30.3 Å². The molecule has 7 heteroatoms. The number of carbonyl (C=O) groups excluding carboxylic acids is 2. The van der Waals surface area contributed by atoms with Crippen LogP contribution in [0.1, 0.15) is 26.3 Å². The number of amides is 2. The van der Waals surface area contributed by atoms with Gasteiger partial charge in [0, 0.05) is 6.54 Å². The minimum absolute atomic E-state index is 0.166. The van der Waals surface area contributed by atoms with E-state index >= 15 is 0 Å². The van der Waals surface area contributed by atoms with Gasteiger partial charge in [-0.15, -0.1) is 0 Å². The molecule has 136 valence electrons. The van der Waals surface area contributed by atoms with E-state index < -0.39 is 23.6 Å². The molecule has 1 N–H and O–H groups in total. The molecule has 1 atom stereocenters. The van der Waals surface area contributed by atoms with Crippen molar-refractivity contribution < 1.29 is 24.2 Å². The molecule has 0 saturated carbocycles. The van der Waals surface area contributed by atoms with E-state index in [-0.39, 0.29) is 25.7 Å². The fourth-order valence-corrected chi connectivity index (χ4v) is 2.74. The zero-order valence-corrected chi connectivity index (χ0v) is 14.8. The molecule has 0 radical (unpaired) electrons. The standard InChI is InChI=1S/C18H24N2O5/c1-18(2,3)25-17(24)20-11-15(21)19(12-16(22)23)10-14(20)9-13-7-5-4-6-8-13/h4-8,14H,9-12H2,1-3H3,(H,22,23)/t14-/m1/s1. The first-order chi connectivity index (χ1) is 11.7. The lowest BCUT2D eigenvalue weighted by atomic mass is 10.0. The van der Waals surface area contributed by atoms with Gasteiger partial charge in [-0.3, -0.25) is 14.5 Å². The van der Waals surface area contributed by atoms with Crippen LogP contribution in [0.25, 0.3) is 0 Å². The molecule has 0 aromatic heterocycles. The number of carbonyl (C=O) groups is 3. The van der Waals surface area contributed by atoms with Crippen LogP contribution in [0.3, 0.4) is 0 Å². The Bertz CT molecular complexity index is 639. The predicted molar refractivity (Wildman–Crippen MR) is 91.1 cm³/mol. The van der Waals surface area contributed by atoms with Gasteiger partial charge in [-0.05, 0) is 32.8 Å². The van der Waals surface area contributed by atoms with Crippen LogP contribution in [0.15, 0.2) is 30.3 Å². The third-order valence-corrected chi connectivity index (χ3v) is 3.80. The summed E-state index contributed by atoms with van der Waals surface area (Å²) in [4.78, 5) is 38.4. The van der Waals surface area contributed by atoms with Crippen LogP contribution in [0.2, 0.25) is 0 Å². The highest BCUT2D eigenvalue weighted by Crippen LogP contribution is 2.19. The van der Waals surface area contributed by atoms with Crippen LogP contribution >= 0.6 is 0 Å². The molecule has 1 aromatic rings. The summed E-state index contributed by atoms with van der Waals surface area (Å²) in [7, 11) is 0. The first-order valence-corrected chi connectivity index (χ1v) is 8.19. The van der Waals surface area contributed by atoms with E-state index in [4.69, 9.17) is 9.84 Å². The SMILES string of the molecule is CC(C)(C)OC(=O)N1CC(=O)N(CC(=O)O)C[C@H]1Cc1ccccc1. The summed E-state index contributed by atoms with van der Waals surface area (Å²) < 4.78 is 5.41. The monoisotopic (exact) mass is 348 g/mol. The molecule has 1 aliphatic heterocycles. The van der Waals surface area contributed by atoms with E-state index in [0.29, 0.717) is 6.42 Å². The Kier molecular flexibility index (Phi) is 5.66. The van der Waals surface area contributed by atoms with Crippen molar-refractivity contribution in [2.45, 2.75) is 38.8 Å². The van der Waals surface area contributed by atoms with E-state index in [0.717, 1.165) is 5.56 Å². The number of carboxylic acid groups (broad SMARTS) is 1. The third-order valence-electron chi connectivity index (χ3n) is 3.80. The Labute approximate surface area is 147 Å². The van der Waals surface area contributed by atoms with Crippen molar-refractivity contribution in [3.05, 3.63) is 35.9 Å². The Balaban J connectivity index is 2.20. The summed E-state index contributed by atoms with van der Waals surface area (Å²) >= 11 is 0. The van der Waals surface area contributed by atoms with Crippen LogP contribution in [0.4, 0.5) is 4.79 Å². The fraction of sp³-hybridized carbons (Fsp3) is 0.500. The van der Waals surface area contributed by atoms with Gasteiger partial charge in [0.1, 0.15) is 18.7 Å². The minimum Gasteiger partial charge on any atom is -0.480 e. The number of piperazine rings is 1. The maximum Gasteiger partial charge on any atom is 0.411 e. The molecule has 0 aliphatic carbocycles. The van der Waals surface area contributed by atoms with Gasteiger partial charge in [-0.25, -0.2) is 4.79 Å². The molecule has 0 unspecified atom stereocenters. The maximum absolute atomic E-state index is 12.5. The average molecular weight is 348 g/mol. The summed E-state index contributed by atoms with van der Waals surface area (Å²) in [6.07, 6.45) is -0.0412. The first-order valence-electron chi connectivity index (χ1n) is 8.19. The van der Waals surface area contributed by atoms with Crippen molar-refractivity contribution in [2.24, 2.45) is 0 Å². The Morgan fingerprint density at radius 1 is 1.24 bits per heavy atom. The second kappa shape index (κ2) is 7.55. The van der Waals surface area contributed by atoms with E-state index in [2.05, 4.69) is 0 Å². The number of benzene rings is 1. The second-order valence-electron chi connectivity index (χ2n) is 7.12. The Morgan fingerprint density at radius 3 is 2.44 bits per heavy atom. The molecule has 7 nitrogen and oxygen atoms in total. The van der Waals surface area contributed by atoms with Crippen molar-refractivity contribution in [3.8, 4) is 0 Å². The molecule has 1 saturated heterocycles. The number of ether oxygens (including phenoxy) is 1. The quantitative estimate of drug-likeness (QED) is 0.896. The van der Waals surface area contributed by atoms with E-state index in [1.165, 1.54) is 9.80 Å². The van der Waals surface area contributed by atoms with Gasteiger partial charge in [-0.2, -0.15) is 0 Å². The lowest BCUT2D eigenvalue weighted by molar-refractivity contribution is -0.148. The lowest BCUT2D eigenvalue weighted by Crippen LogP contribution is -2.60. The van der Waals surface area contributed by atoms with E-state index in [9.17, 15) is 14.4 Å². The van der Waals surface area contributed by atoms with Crippen molar-refractivity contribution in [1.29, 1.82) is 0 Å². The number of nitrogens with zero attached hydrogens (tertiary/aromatic N) is 2. The van der Waals surface area contributed by atoms with Crippen molar-refractivity contribution in [3.63, 3.8) is 0 Å². The highest BCUT2D eigenvalue weighted by molar-refractivity contribution is 5.86. The lowest BCUT2D eigenvalue weighted by Gasteiger charge is -2.40. The normalized spacial score (nSPS) is 18.2. The van der Waals surface area contributed by atoms with Crippen LogP contribution in [-0.4, -0.2) is 64.2 Å². The Morgan fingerprint density at radius 2 is 1.88 bits per heavy atom. The molecule has 25 heavy (non-hydrogen) atoms. The summed E-state index contributed by atoms with van der Waals surface area (Å²) in [6, 6.07) is 9.23. The second-order valence-corrected chi connectivity index (χ2v) is 7.12. The summed E-state index contributed by atoms with van der Waals surface area (Å²) in [6.45, 7) is 4.91. The zero-order valence-electron chi connectivity index (χ0n) is 14.8. The molecule has 1 heterocycles. The summed E-state index contributed by atoms with van der Waals surface area (Å²) in [5.41, 5.74) is 0.334. The van der Waals surface area contributed by atoms with Gasteiger partial charge in [0.15, 0.2) is 0 Å². The number of aliphatic carboxylic acids is 1. The molecule has 2 amide bonds. The van der Waals surface area contributed by atoms with Gasteiger partial charge < -0.3 is 14.7 Å². The van der Waals surface area contributed by atoms with Crippen LogP contribution in [0.5, 0.6) is 0 Å². The topological polar surface area (TPSA) is 87.2 Å². The highest BCUT2D eigenvalue weighted by Gasteiger charge is 2.37. The van der Waals surface area contributed by atoms with Crippen LogP contribution < -0.4 is 0 Å². The third kappa shape index (κ3) is 5.48. The highest BCUT2D eigenvalue weighted by atomic mass is 16.6. The molecule has 2 rings (SSSR count). The van der Waals surface area contributed by atoms with Crippen molar-refractivity contribution >= 4 is 18.0 Å².